The maximum Gasteiger partial charge on any atom is 0.0381 e. The highest BCUT2D eigenvalue weighted by Crippen LogP contribution is 2.33. The summed E-state index contributed by atoms with van der Waals surface area (Å²) in [5, 5.41) is 3.54. The van der Waals surface area contributed by atoms with E-state index in [0.717, 1.165) is 25.6 Å². The number of hydrogen-bond acceptors (Lipinski definition) is 1. The van der Waals surface area contributed by atoms with Gasteiger partial charge in [-0.2, -0.15) is 0 Å². The second-order valence-electron chi connectivity index (χ2n) is 5.38. The molecule has 2 nitrogen and oxygen atoms in total. The van der Waals surface area contributed by atoms with Crippen molar-refractivity contribution >= 4 is 0 Å². The van der Waals surface area contributed by atoms with Crippen molar-refractivity contribution in [3.8, 4) is 0 Å². The Balaban J connectivity index is 1.92. The van der Waals surface area contributed by atoms with Crippen molar-refractivity contribution in [2.24, 2.45) is 5.92 Å². The minimum atomic E-state index is 0.169. The summed E-state index contributed by atoms with van der Waals surface area (Å²) in [4.78, 5) is 0. The third kappa shape index (κ3) is 1.82. The second kappa shape index (κ2) is 3.77. The first-order chi connectivity index (χ1) is 7.78. The molecule has 1 aromatic heterocycles. The van der Waals surface area contributed by atoms with E-state index in [1.807, 2.05) is 0 Å². The van der Waals surface area contributed by atoms with Gasteiger partial charge in [-0.15, -0.1) is 0 Å². The van der Waals surface area contributed by atoms with Crippen LogP contribution >= 0.6 is 0 Å². The maximum absolute atomic E-state index is 3.54. The van der Waals surface area contributed by atoms with E-state index in [1.165, 1.54) is 18.5 Å². The Morgan fingerprint density at radius 1 is 1.50 bits per heavy atom. The normalized spacial score (nSPS) is 30.3. The van der Waals surface area contributed by atoms with Crippen LogP contribution in [0.4, 0.5) is 0 Å². The lowest BCUT2D eigenvalue weighted by atomic mass is 9.86. The van der Waals surface area contributed by atoms with Gasteiger partial charge in [0.05, 0.1) is 0 Å². The van der Waals surface area contributed by atoms with Crippen molar-refractivity contribution in [2.45, 2.75) is 31.7 Å². The molecule has 1 aromatic rings. The van der Waals surface area contributed by atoms with Crippen LogP contribution in [0.25, 0.3) is 0 Å². The lowest BCUT2D eigenvalue weighted by Gasteiger charge is -2.25. The van der Waals surface area contributed by atoms with Gasteiger partial charge in [0.25, 0.3) is 0 Å². The number of rotatable bonds is 2. The summed E-state index contributed by atoms with van der Waals surface area (Å²) in [6, 6.07) is 4.44. The van der Waals surface area contributed by atoms with E-state index in [0.29, 0.717) is 0 Å². The molecule has 0 bridgehead atoms. The summed E-state index contributed by atoms with van der Waals surface area (Å²) >= 11 is 0. The van der Waals surface area contributed by atoms with Crippen LogP contribution in [0.1, 0.15) is 25.5 Å². The standard InChI is InChI=1S/C14H20N2/c1-14(7-6-12-4-5-12)11-15-8-10-16-9-2-3-13(14)16/h2-3,6-7,9,12,15H,4-5,8,10-11H2,1H3/b7-6+. The van der Waals surface area contributed by atoms with Crippen molar-refractivity contribution in [1.82, 2.24) is 9.88 Å². The summed E-state index contributed by atoms with van der Waals surface area (Å²) < 4.78 is 2.39. The van der Waals surface area contributed by atoms with Crippen LogP contribution in [0.3, 0.4) is 0 Å². The van der Waals surface area contributed by atoms with Gasteiger partial charge in [-0.25, -0.2) is 0 Å². The Hall–Kier alpha value is -1.02. The summed E-state index contributed by atoms with van der Waals surface area (Å²) in [6.45, 7) is 5.57. The van der Waals surface area contributed by atoms with Crippen LogP contribution in [0.5, 0.6) is 0 Å². The Kier molecular flexibility index (Phi) is 2.40. The van der Waals surface area contributed by atoms with Crippen LogP contribution in [0, 0.1) is 5.92 Å². The molecule has 2 aliphatic rings. The van der Waals surface area contributed by atoms with Gasteiger partial charge in [0.1, 0.15) is 0 Å². The molecule has 1 atom stereocenters. The Morgan fingerprint density at radius 2 is 2.38 bits per heavy atom. The number of hydrogen-bond donors (Lipinski definition) is 1. The zero-order valence-corrected chi connectivity index (χ0v) is 9.95. The number of nitrogens with one attached hydrogen (secondary N) is 1. The molecule has 1 N–H and O–H groups in total. The van der Waals surface area contributed by atoms with Crippen LogP contribution in [-0.2, 0) is 12.0 Å². The molecule has 0 radical (unpaired) electrons. The molecule has 1 aliphatic carbocycles. The molecule has 1 fully saturated rings. The highest BCUT2D eigenvalue weighted by molar-refractivity contribution is 5.28. The average Bonchev–Trinajstić information content (AvgIpc) is 3.02. The Bertz CT molecular complexity index is 401. The third-order valence-electron chi connectivity index (χ3n) is 3.79. The molecule has 3 rings (SSSR count). The average molecular weight is 216 g/mol. The third-order valence-corrected chi connectivity index (χ3v) is 3.79. The highest BCUT2D eigenvalue weighted by atomic mass is 15.0. The molecule has 0 amide bonds. The van der Waals surface area contributed by atoms with Gasteiger partial charge >= 0.3 is 0 Å². The molecule has 2 heterocycles. The molecule has 0 spiro atoms. The van der Waals surface area contributed by atoms with Crippen molar-refractivity contribution in [2.75, 3.05) is 13.1 Å². The molecule has 1 aliphatic heterocycles. The minimum absolute atomic E-state index is 0.169. The van der Waals surface area contributed by atoms with Crippen molar-refractivity contribution < 1.29 is 0 Å². The van der Waals surface area contributed by atoms with Crippen LogP contribution in [0.15, 0.2) is 30.5 Å². The Morgan fingerprint density at radius 3 is 3.19 bits per heavy atom. The topological polar surface area (TPSA) is 17.0 Å². The first-order valence-corrected chi connectivity index (χ1v) is 6.34. The SMILES string of the molecule is CC1(/C=C/C2CC2)CNCCn2cccc21. The fourth-order valence-corrected chi connectivity index (χ4v) is 2.55. The predicted octanol–water partition coefficient (Wildman–Crippen LogP) is 2.32. The smallest absolute Gasteiger partial charge is 0.0381 e. The first kappa shape index (κ1) is 10.2. The Labute approximate surface area is 97.3 Å². The van der Waals surface area contributed by atoms with E-state index in [1.54, 1.807) is 0 Å². The quantitative estimate of drug-likeness (QED) is 0.751. The zero-order chi connectivity index (χ0) is 11.0. The van der Waals surface area contributed by atoms with Gasteiger partial charge < -0.3 is 9.88 Å². The molecule has 16 heavy (non-hydrogen) atoms. The van der Waals surface area contributed by atoms with E-state index in [4.69, 9.17) is 0 Å². The number of fused-ring (bicyclic) bond motifs is 1. The van der Waals surface area contributed by atoms with E-state index in [2.05, 4.69) is 47.3 Å². The number of allylic oxidation sites excluding steroid dienone is 1. The molecule has 1 unspecified atom stereocenters. The molecule has 86 valence electrons. The van der Waals surface area contributed by atoms with Crippen LogP contribution in [-0.4, -0.2) is 17.7 Å². The number of aromatic nitrogens is 1. The molecule has 0 aromatic carbocycles. The van der Waals surface area contributed by atoms with Gasteiger partial charge in [-0.05, 0) is 37.8 Å². The largest absolute Gasteiger partial charge is 0.349 e. The monoisotopic (exact) mass is 216 g/mol. The summed E-state index contributed by atoms with van der Waals surface area (Å²) in [5.74, 6) is 0.864. The molecule has 0 saturated heterocycles. The van der Waals surface area contributed by atoms with E-state index in [-0.39, 0.29) is 5.41 Å². The van der Waals surface area contributed by atoms with E-state index in [9.17, 15) is 0 Å². The van der Waals surface area contributed by atoms with Gasteiger partial charge in [0, 0.05) is 36.9 Å². The summed E-state index contributed by atoms with van der Waals surface area (Å²) in [7, 11) is 0. The fourth-order valence-electron chi connectivity index (χ4n) is 2.55. The van der Waals surface area contributed by atoms with E-state index < -0.39 is 0 Å². The highest BCUT2D eigenvalue weighted by Gasteiger charge is 2.29. The molecular formula is C14H20N2. The van der Waals surface area contributed by atoms with E-state index >= 15 is 0 Å². The maximum atomic E-state index is 3.54. The first-order valence-electron chi connectivity index (χ1n) is 6.34. The van der Waals surface area contributed by atoms with Crippen LogP contribution in [0.2, 0.25) is 0 Å². The summed E-state index contributed by atoms with van der Waals surface area (Å²) in [6.07, 6.45) is 9.83. The lowest BCUT2D eigenvalue weighted by molar-refractivity contribution is 0.536. The van der Waals surface area contributed by atoms with Gasteiger partial charge in [0.15, 0.2) is 0 Å². The van der Waals surface area contributed by atoms with Crippen molar-refractivity contribution in [1.29, 1.82) is 0 Å². The predicted molar refractivity (Wildman–Crippen MR) is 66.5 cm³/mol. The molecule has 2 heteroatoms. The van der Waals surface area contributed by atoms with Crippen molar-refractivity contribution in [3.63, 3.8) is 0 Å². The minimum Gasteiger partial charge on any atom is -0.349 e. The zero-order valence-electron chi connectivity index (χ0n) is 9.95. The van der Waals surface area contributed by atoms with Gasteiger partial charge in [0.2, 0.25) is 0 Å². The van der Waals surface area contributed by atoms with Crippen molar-refractivity contribution in [3.05, 3.63) is 36.2 Å². The second-order valence-corrected chi connectivity index (χ2v) is 5.38. The van der Waals surface area contributed by atoms with Gasteiger partial charge in [-0.3, -0.25) is 0 Å². The van der Waals surface area contributed by atoms with Crippen LogP contribution < -0.4 is 5.32 Å². The summed E-state index contributed by atoms with van der Waals surface area (Å²) in [5.41, 5.74) is 1.62. The molecular weight excluding hydrogens is 196 g/mol. The fraction of sp³-hybridized carbons (Fsp3) is 0.571. The lowest BCUT2D eigenvalue weighted by Crippen LogP contribution is -2.32. The molecule has 1 saturated carbocycles. The number of nitrogens with zero attached hydrogens (tertiary/aromatic N) is 1. The van der Waals surface area contributed by atoms with Gasteiger partial charge in [-0.1, -0.05) is 12.2 Å².